The van der Waals surface area contributed by atoms with E-state index in [0.29, 0.717) is 35.1 Å². The minimum Gasteiger partial charge on any atom is -0.438 e. The number of ketones is 1. The Morgan fingerprint density at radius 1 is 1.00 bits per heavy atom. The third kappa shape index (κ3) is 4.94. The molecule has 0 spiro atoms. The highest BCUT2D eigenvalue weighted by Crippen LogP contribution is 2.28. The summed E-state index contributed by atoms with van der Waals surface area (Å²) in [6.07, 6.45) is 5.04. The lowest BCUT2D eigenvalue weighted by atomic mass is 9.87. The molecule has 5 rings (SSSR count). The van der Waals surface area contributed by atoms with Gasteiger partial charge in [-0.1, -0.05) is 32.9 Å². The Hall–Kier alpha value is -4.00. The molecule has 0 saturated carbocycles. The summed E-state index contributed by atoms with van der Waals surface area (Å²) in [7, 11) is 0. The molecule has 2 aromatic carbocycles. The monoisotopic (exact) mass is 468 g/mol. The number of amides is 1. The van der Waals surface area contributed by atoms with Crippen molar-refractivity contribution in [3.05, 3.63) is 83.0 Å². The first kappa shape index (κ1) is 22.8. The number of fused-ring (bicyclic) bond motifs is 2. The molecular weight excluding hydrogens is 440 g/mol. The Morgan fingerprint density at radius 2 is 1.77 bits per heavy atom. The second-order valence-electron chi connectivity index (χ2n) is 9.93. The van der Waals surface area contributed by atoms with Gasteiger partial charge in [0.25, 0.3) is 5.91 Å². The molecule has 0 fully saturated rings. The molecule has 0 atom stereocenters. The SMILES string of the molecule is CC(C)(C)c1ccc(C(=O)Nc2cn3nc(Oc4ccc5c(c4)CCCCC5=O)ccc3n2)cc1. The standard InChI is InChI=1S/C28H28N4O3/c1-28(2,3)20-10-8-18(9-11-20)27(34)30-24-17-32-25(29-24)14-15-26(31-32)35-21-12-13-22-19(16-21)6-4-5-7-23(22)33/h8-17H,4-7H2,1-3H3,(H,30,34). The lowest BCUT2D eigenvalue weighted by Crippen LogP contribution is -2.14. The van der Waals surface area contributed by atoms with Crippen molar-refractivity contribution in [2.45, 2.75) is 51.9 Å². The predicted octanol–water partition coefficient (Wildman–Crippen LogP) is 5.98. The zero-order chi connectivity index (χ0) is 24.6. The van der Waals surface area contributed by atoms with Gasteiger partial charge in [-0.3, -0.25) is 9.59 Å². The molecule has 1 N–H and O–H groups in total. The van der Waals surface area contributed by atoms with Gasteiger partial charge in [-0.25, -0.2) is 9.50 Å². The number of anilines is 1. The molecule has 1 amide bonds. The van der Waals surface area contributed by atoms with Gasteiger partial charge in [0, 0.05) is 23.6 Å². The lowest BCUT2D eigenvalue weighted by molar-refractivity contribution is 0.0980. The molecule has 0 saturated heterocycles. The van der Waals surface area contributed by atoms with E-state index in [9.17, 15) is 9.59 Å². The van der Waals surface area contributed by atoms with Gasteiger partial charge in [-0.15, -0.1) is 5.10 Å². The fourth-order valence-electron chi connectivity index (χ4n) is 4.26. The van der Waals surface area contributed by atoms with E-state index < -0.39 is 0 Å². The second kappa shape index (κ2) is 8.98. The molecule has 1 aliphatic carbocycles. The smallest absolute Gasteiger partial charge is 0.256 e. The van der Waals surface area contributed by atoms with Crippen LogP contribution in [0.1, 0.15) is 71.9 Å². The van der Waals surface area contributed by atoms with E-state index >= 15 is 0 Å². The van der Waals surface area contributed by atoms with E-state index in [1.54, 1.807) is 28.9 Å². The van der Waals surface area contributed by atoms with Crippen molar-refractivity contribution in [3.8, 4) is 11.6 Å². The molecule has 4 aromatic rings. The van der Waals surface area contributed by atoms with Crippen LogP contribution in [0.15, 0.2) is 60.8 Å². The number of hydrogen-bond acceptors (Lipinski definition) is 5. The summed E-state index contributed by atoms with van der Waals surface area (Å²) in [6, 6.07) is 16.7. The topological polar surface area (TPSA) is 85.6 Å². The summed E-state index contributed by atoms with van der Waals surface area (Å²) in [4.78, 5) is 29.4. The van der Waals surface area contributed by atoms with Crippen LogP contribution < -0.4 is 10.1 Å². The minimum absolute atomic E-state index is 0.0257. The van der Waals surface area contributed by atoms with E-state index in [0.717, 1.165) is 30.4 Å². The van der Waals surface area contributed by atoms with Crippen LogP contribution in [0.25, 0.3) is 5.65 Å². The summed E-state index contributed by atoms with van der Waals surface area (Å²) in [5.41, 5.74) is 4.16. The number of nitrogens with zero attached hydrogens (tertiary/aromatic N) is 3. The number of Topliss-reactive ketones (excluding diaryl/α,β-unsaturated/α-hetero) is 1. The second-order valence-corrected chi connectivity index (χ2v) is 9.93. The number of carbonyl (C=O) groups excluding carboxylic acids is 2. The lowest BCUT2D eigenvalue weighted by Gasteiger charge is -2.18. The number of imidazole rings is 1. The average Bonchev–Trinajstić information content (AvgIpc) is 3.13. The Balaban J connectivity index is 1.31. The average molecular weight is 469 g/mol. The number of carbonyl (C=O) groups is 2. The zero-order valence-electron chi connectivity index (χ0n) is 20.2. The van der Waals surface area contributed by atoms with E-state index in [-0.39, 0.29) is 17.1 Å². The number of ether oxygens (including phenoxy) is 1. The zero-order valence-corrected chi connectivity index (χ0v) is 20.2. The molecule has 2 heterocycles. The van der Waals surface area contributed by atoms with Gasteiger partial charge in [0.15, 0.2) is 17.2 Å². The molecule has 1 aliphatic rings. The van der Waals surface area contributed by atoms with Gasteiger partial charge in [-0.2, -0.15) is 0 Å². The molecule has 0 radical (unpaired) electrons. The normalized spacial score (nSPS) is 13.9. The van der Waals surface area contributed by atoms with Crippen molar-refractivity contribution in [1.82, 2.24) is 14.6 Å². The third-order valence-corrected chi connectivity index (χ3v) is 6.25. The molecule has 178 valence electrons. The van der Waals surface area contributed by atoms with Crippen LogP contribution in [-0.4, -0.2) is 26.3 Å². The molecule has 0 unspecified atom stereocenters. The molecule has 7 nitrogen and oxygen atoms in total. The Kier molecular flexibility index (Phi) is 5.84. The fourth-order valence-corrected chi connectivity index (χ4v) is 4.26. The highest BCUT2D eigenvalue weighted by Gasteiger charge is 2.17. The Morgan fingerprint density at radius 3 is 2.54 bits per heavy atom. The fraction of sp³-hybridized carbons (Fsp3) is 0.286. The number of benzene rings is 2. The number of nitrogens with one attached hydrogen (secondary N) is 1. The van der Waals surface area contributed by atoms with E-state index in [1.807, 2.05) is 36.4 Å². The molecule has 35 heavy (non-hydrogen) atoms. The molecule has 7 heteroatoms. The van der Waals surface area contributed by atoms with Crippen molar-refractivity contribution >= 4 is 23.2 Å². The van der Waals surface area contributed by atoms with Gasteiger partial charge in [0.1, 0.15) is 5.75 Å². The molecule has 0 bridgehead atoms. The Labute approximate surface area is 204 Å². The van der Waals surface area contributed by atoms with E-state index in [2.05, 4.69) is 36.2 Å². The maximum Gasteiger partial charge on any atom is 0.256 e. The number of rotatable bonds is 4. The first-order valence-corrected chi connectivity index (χ1v) is 11.9. The summed E-state index contributed by atoms with van der Waals surface area (Å²) < 4.78 is 7.54. The summed E-state index contributed by atoms with van der Waals surface area (Å²) in [5, 5.41) is 7.30. The maximum atomic E-state index is 12.7. The molecular formula is C28H28N4O3. The highest BCUT2D eigenvalue weighted by atomic mass is 16.5. The van der Waals surface area contributed by atoms with Crippen LogP contribution >= 0.6 is 0 Å². The summed E-state index contributed by atoms with van der Waals surface area (Å²) >= 11 is 0. The van der Waals surface area contributed by atoms with Crippen LogP contribution in [0, 0.1) is 0 Å². The van der Waals surface area contributed by atoms with Crippen LogP contribution in [0.2, 0.25) is 0 Å². The van der Waals surface area contributed by atoms with Crippen molar-refractivity contribution in [3.63, 3.8) is 0 Å². The molecule has 0 aliphatic heterocycles. The predicted molar refractivity (Wildman–Crippen MR) is 134 cm³/mol. The quantitative estimate of drug-likeness (QED) is 0.372. The summed E-state index contributed by atoms with van der Waals surface area (Å²) in [5.74, 6) is 1.40. The summed E-state index contributed by atoms with van der Waals surface area (Å²) in [6.45, 7) is 6.41. The van der Waals surface area contributed by atoms with Crippen LogP contribution in [0.5, 0.6) is 11.6 Å². The largest absolute Gasteiger partial charge is 0.438 e. The minimum atomic E-state index is -0.232. The highest BCUT2D eigenvalue weighted by molar-refractivity contribution is 6.03. The van der Waals surface area contributed by atoms with E-state index in [4.69, 9.17) is 4.74 Å². The first-order valence-electron chi connectivity index (χ1n) is 11.9. The van der Waals surface area contributed by atoms with E-state index in [1.165, 1.54) is 5.56 Å². The van der Waals surface area contributed by atoms with Gasteiger partial charge >= 0.3 is 0 Å². The number of aromatic nitrogens is 3. The third-order valence-electron chi connectivity index (χ3n) is 6.25. The van der Waals surface area contributed by atoms with Crippen molar-refractivity contribution in [2.24, 2.45) is 0 Å². The van der Waals surface area contributed by atoms with Gasteiger partial charge < -0.3 is 10.1 Å². The van der Waals surface area contributed by atoms with Crippen molar-refractivity contribution in [2.75, 3.05) is 5.32 Å². The maximum absolute atomic E-state index is 12.7. The van der Waals surface area contributed by atoms with Crippen LogP contribution in [0.4, 0.5) is 5.82 Å². The van der Waals surface area contributed by atoms with Crippen molar-refractivity contribution in [1.29, 1.82) is 0 Å². The number of hydrogen-bond donors (Lipinski definition) is 1. The Bertz CT molecular complexity index is 1410. The van der Waals surface area contributed by atoms with Crippen molar-refractivity contribution < 1.29 is 14.3 Å². The molecule has 2 aromatic heterocycles. The van der Waals surface area contributed by atoms with Crippen LogP contribution in [0.3, 0.4) is 0 Å². The van der Waals surface area contributed by atoms with Gasteiger partial charge in [0.05, 0.1) is 6.20 Å². The number of aryl methyl sites for hydroxylation is 1. The first-order chi connectivity index (χ1) is 16.8. The van der Waals surface area contributed by atoms with Gasteiger partial charge in [0.2, 0.25) is 5.88 Å². The van der Waals surface area contributed by atoms with Gasteiger partial charge in [-0.05, 0) is 72.2 Å². The van der Waals surface area contributed by atoms with Crippen LogP contribution in [-0.2, 0) is 11.8 Å².